The van der Waals surface area contributed by atoms with Crippen molar-refractivity contribution in [1.82, 2.24) is 0 Å². The molecular formula is C14H13N3O2S. The molecule has 0 radical (unpaired) electrons. The maximum Gasteiger partial charge on any atom is 0.293 e. The normalized spacial score (nSPS) is 10.0. The van der Waals surface area contributed by atoms with Gasteiger partial charge >= 0.3 is 0 Å². The second-order valence-corrected chi connectivity index (χ2v) is 5.43. The van der Waals surface area contributed by atoms with Gasteiger partial charge in [0.15, 0.2) is 0 Å². The third-order valence-corrected chi connectivity index (χ3v) is 4.07. The van der Waals surface area contributed by atoms with Crippen molar-refractivity contribution in [3.8, 4) is 6.07 Å². The van der Waals surface area contributed by atoms with Crippen molar-refractivity contribution in [2.45, 2.75) is 19.9 Å². The van der Waals surface area contributed by atoms with Crippen molar-refractivity contribution >= 4 is 22.7 Å². The molecule has 0 spiro atoms. The molecule has 102 valence electrons. The minimum absolute atomic E-state index is 0.0729. The van der Waals surface area contributed by atoms with Gasteiger partial charge in [-0.3, -0.25) is 10.1 Å². The van der Waals surface area contributed by atoms with Crippen LogP contribution in [0.1, 0.15) is 22.2 Å². The number of thiophene rings is 1. The smallest absolute Gasteiger partial charge is 0.293 e. The monoisotopic (exact) mass is 287 g/mol. The Morgan fingerprint density at radius 2 is 2.10 bits per heavy atom. The molecular weight excluding hydrogens is 274 g/mol. The first-order valence-electron chi connectivity index (χ1n) is 6.14. The third kappa shape index (κ3) is 3.13. The first-order valence-corrected chi connectivity index (χ1v) is 6.95. The van der Waals surface area contributed by atoms with E-state index < -0.39 is 4.92 Å². The van der Waals surface area contributed by atoms with Gasteiger partial charge in [0, 0.05) is 22.4 Å². The Hall–Kier alpha value is -2.39. The molecule has 0 saturated heterocycles. The van der Waals surface area contributed by atoms with Gasteiger partial charge in [-0.1, -0.05) is 6.92 Å². The molecule has 0 bridgehead atoms. The summed E-state index contributed by atoms with van der Waals surface area (Å²) in [5.41, 5.74) is 0.642. The lowest BCUT2D eigenvalue weighted by molar-refractivity contribution is -0.384. The minimum atomic E-state index is -0.477. The minimum Gasteiger partial charge on any atom is -0.375 e. The van der Waals surface area contributed by atoms with Crippen molar-refractivity contribution in [1.29, 1.82) is 5.26 Å². The zero-order chi connectivity index (χ0) is 14.5. The maximum absolute atomic E-state index is 11.0. The van der Waals surface area contributed by atoms with Gasteiger partial charge in [-0.25, -0.2) is 0 Å². The molecule has 1 aromatic carbocycles. The van der Waals surface area contributed by atoms with Crippen LogP contribution in [0.2, 0.25) is 0 Å². The van der Waals surface area contributed by atoms with Crippen LogP contribution in [0.3, 0.4) is 0 Å². The average molecular weight is 287 g/mol. The summed E-state index contributed by atoms with van der Waals surface area (Å²) in [6, 6.07) is 10.4. The summed E-state index contributed by atoms with van der Waals surface area (Å²) in [5, 5.41) is 22.9. The van der Waals surface area contributed by atoms with Crippen LogP contribution >= 0.6 is 11.3 Å². The van der Waals surface area contributed by atoms with Gasteiger partial charge in [0.2, 0.25) is 0 Å². The number of hydrogen-bond donors (Lipinski definition) is 1. The van der Waals surface area contributed by atoms with E-state index in [9.17, 15) is 10.1 Å². The van der Waals surface area contributed by atoms with E-state index in [1.165, 1.54) is 10.9 Å². The highest BCUT2D eigenvalue weighted by Gasteiger charge is 2.14. The van der Waals surface area contributed by atoms with Crippen molar-refractivity contribution in [2.75, 3.05) is 5.32 Å². The molecule has 0 saturated carbocycles. The van der Waals surface area contributed by atoms with E-state index in [1.54, 1.807) is 23.5 Å². The second-order valence-electron chi connectivity index (χ2n) is 4.18. The fourth-order valence-corrected chi connectivity index (χ4v) is 2.69. The average Bonchev–Trinajstić information content (AvgIpc) is 2.92. The maximum atomic E-state index is 11.0. The van der Waals surface area contributed by atoms with Crippen LogP contribution in [-0.4, -0.2) is 4.92 Å². The molecule has 6 heteroatoms. The van der Waals surface area contributed by atoms with Crippen LogP contribution in [0.25, 0.3) is 0 Å². The lowest BCUT2D eigenvalue weighted by Gasteiger charge is -2.05. The zero-order valence-electron chi connectivity index (χ0n) is 10.9. The Morgan fingerprint density at radius 3 is 2.70 bits per heavy atom. The topological polar surface area (TPSA) is 79.0 Å². The van der Waals surface area contributed by atoms with Crippen LogP contribution < -0.4 is 5.32 Å². The summed E-state index contributed by atoms with van der Waals surface area (Å²) < 4.78 is 0. The molecule has 1 aromatic heterocycles. The number of nitriles is 1. The SMILES string of the molecule is CCc1ccc(CNc2ccc(C#N)cc2[N+](=O)[O-])s1. The largest absolute Gasteiger partial charge is 0.375 e. The van der Waals surface area contributed by atoms with Gasteiger partial charge in [-0.05, 0) is 30.7 Å². The number of nitrogens with one attached hydrogen (secondary N) is 1. The summed E-state index contributed by atoms with van der Waals surface area (Å²) in [7, 11) is 0. The Balaban J connectivity index is 2.16. The predicted octanol–water partition coefficient (Wildman–Crippen LogP) is 3.70. The zero-order valence-corrected chi connectivity index (χ0v) is 11.7. The van der Waals surface area contributed by atoms with E-state index in [0.29, 0.717) is 12.2 Å². The van der Waals surface area contributed by atoms with Crippen LogP contribution in [0.5, 0.6) is 0 Å². The molecule has 0 unspecified atom stereocenters. The number of rotatable bonds is 5. The third-order valence-electron chi connectivity index (χ3n) is 2.84. The molecule has 0 aliphatic rings. The van der Waals surface area contributed by atoms with Crippen molar-refractivity contribution in [2.24, 2.45) is 0 Å². The van der Waals surface area contributed by atoms with Gasteiger partial charge in [-0.15, -0.1) is 11.3 Å². The van der Waals surface area contributed by atoms with E-state index in [0.717, 1.165) is 11.3 Å². The summed E-state index contributed by atoms with van der Waals surface area (Å²) in [6.07, 6.45) is 0.988. The number of benzene rings is 1. The van der Waals surface area contributed by atoms with Gasteiger partial charge < -0.3 is 5.32 Å². The van der Waals surface area contributed by atoms with Crippen LogP contribution in [0, 0.1) is 21.4 Å². The number of hydrogen-bond acceptors (Lipinski definition) is 5. The predicted molar refractivity (Wildman–Crippen MR) is 78.8 cm³/mol. The van der Waals surface area contributed by atoms with Crippen molar-refractivity contribution < 1.29 is 4.92 Å². The number of anilines is 1. The summed E-state index contributed by atoms with van der Waals surface area (Å²) >= 11 is 1.69. The highest BCUT2D eigenvalue weighted by Crippen LogP contribution is 2.26. The summed E-state index contributed by atoms with van der Waals surface area (Å²) in [5.74, 6) is 0. The van der Waals surface area contributed by atoms with Crippen molar-refractivity contribution in [3.05, 3.63) is 55.8 Å². The van der Waals surface area contributed by atoms with Gasteiger partial charge in [-0.2, -0.15) is 5.26 Å². The Kier molecular flexibility index (Phi) is 4.33. The van der Waals surface area contributed by atoms with E-state index in [-0.39, 0.29) is 11.3 Å². The lowest BCUT2D eigenvalue weighted by atomic mass is 10.2. The van der Waals surface area contributed by atoms with E-state index in [1.807, 2.05) is 12.1 Å². The Morgan fingerprint density at radius 1 is 1.35 bits per heavy atom. The molecule has 0 fully saturated rings. The molecule has 0 aliphatic carbocycles. The second kappa shape index (κ2) is 6.17. The molecule has 20 heavy (non-hydrogen) atoms. The molecule has 0 atom stereocenters. The molecule has 1 N–H and O–H groups in total. The van der Waals surface area contributed by atoms with Crippen LogP contribution in [0.15, 0.2) is 30.3 Å². The molecule has 2 aromatic rings. The first-order chi connectivity index (χ1) is 9.63. The van der Waals surface area contributed by atoms with Gasteiger partial charge in [0.25, 0.3) is 5.69 Å². The fourth-order valence-electron chi connectivity index (χ4n) is 1.79. The standard InChI is InChI=1S/C14H13N3O2S/c1-2-11-4-5-12(20-11)9-16-13-6-3-10(8-15)7-14(13)17(18)19/h3-7,16H,2,9H2,1H3. The first kappa shape index (κ1) is 14.0. The number of nitro benzene ring substituents is 1. The van der Waals surface area contributed by atoms with Gasteiger partial charge in [0.1, 0.15) is 5.69 Å². The van der Waals surface area contributed by atoms with Crippen molar-refractivity contribution in [3.63, 3.8) is 0 Å². The highest BCUT2D eigenvalue weighted by molar-refractivity contribution is 7.12. The molecule has 0 amide bonds. The van der Waals surface area contributed by atoms with E-state index in [2.05, 4.69) is 18.3 Å². The molecule has 0 aliphatic heterocycles. The summed E-state index contributed by atoms with van der Waals surface area (Å²) in [6.45, 7) is 2.63. The Bertz CT molecular complexity index is 673. The van der Waals surface area contributed by atoms with Crippen LogP contribution in [0.4, 0.5) is 11.4 Å². The van der Waals surface area contributed by atoms with Gasteiger partial charge in [0.05, 0.1) is 16.6 Å². The molecule has 2 rings (SSSR count). The molecule has 5 nitrogen and oxygen atoms in total. The van der Waals surface area contributed by atoms with E-state index >= 15 is 0 Å². The van der Waals surface area contributed by atoms with E-state index in [4.69, 9.17) is 5.26 Å². The lowest BCUT2D eigenvalue weighted by Crippen LogP contribution is -2.01. The molecule has 1 heterocycles. The van der Waals surface area contributed by atoms with Crippen LogP contribution in [-0.2, 0) is 13.0 Å². The highest BCUT2D eigenvalue weighted by atomic mass is 32.1. The quantitative estimate of drug-likeness (QED) is 0.671. The number of nitrogens with zero attached hydrogens (tertiary/aromatic N) is 2. The summed E-state index contributed by atoms with van der Waals surface area (Å²) in [4.78, 5) is 12.9. The number of nitro groups is 1. The Labute approximate surface area is 120 Å². The fraction of sp³-hybridized carbons (Fsp3) is 0.214. The number of aryl methyl sites for hydroxylation is 1.